The summed E-state index contributed by atoms with van der Waals surface area (Å²) in [7, 11) is 0. The maximum absolute atomic E-state index is 12.3. The van der Waals surface area contributed by atoms with Gasteiger partial charge in [-0.15, -0.1) is 0 Å². The van der Waals surface area contributed by atoms with Crippen LogP contribution in [0.25, 0.3) is 10.9 Å². The smallest absolute Gasteiger partial charge is 0.254 e. The highest BCUT2D eigenvalue weighted by molar-refractivity contribution is 6.31. The summed E-state index contributed by atoms with van der Waals surface area (Å²) in [5.41, 5.74) is 4.08. The third kappa shape index (κ3) is 3.10. The molecule has 2 N–H and O–H groups in total. The molecule has 0 saturated carbocycles. The Morgan fingerprint density at radius 2 is 2.20 bits per heavy atom. The van der Waals surface area contributed by atoms with Gasteiger partial charge in [0, 0.05) is 53.2 Å². The second-order valence-corrected chi connectivity index (χ2v) is 7.43. The van der Waals surface area contributed by atoms with E-state index in [0.29, 0.717) is 6.54 Å². The lowest BCUT2D eigenvalue weighted by Gasteiger charge is -2.27. The minimum absolute atomic E-state index is 0.0206. The van der Waals surface area contributed by atoms with Crippen LogP contribution in [0, 0.1) is 0 Å². The van der Waals surface area contributed by atoms with Crippen molar-refractivity contribution in [1.82, 2.24) is 19.9 Å². The largest absolute Gasteiger partial charge is 0.361 e. The summed E-state index contributed by atoms with van der Waals surface area (Å²) in [6, 6.07) is 5.90. The summed E-state index contributed by atoms with van der Waals surface area (Å²) in [5.74, 6) is 0.980. The number of nitrogens with one attached hydrogen (secondary N) is 2. The Bertz CT molecular complexity index is 989. The zero-order chi connectivity index (χ0) is 17.6. The fourth-order valence-corrected chi connectivity index (χ4v) is 3.62. The molecule has 0 atom stereocenters. The lowest BCUT2D eigenvalue weighted by Crippen LogP contribution is -2.35. The van der Waals surface area contributed by atoms with Gasteiger partial charge in [-0.25, -0.2) is 4.98 Å². The summed E-state index contributed by atoms with van der Waals surface area (Å²) in [6.07, 6.45) is 2.78. The highest BCUT2D eigenvalue weighted by Gasteiger charge is 2.22. The van der Waals surface area contributed by atoms with Crippen molar-refractivity contribution in [3.05, 3.63) is 62.4 Å². The minimum Gasteiger partial charge on any atom is -0.361 e. The first-order valence-corrected chi connectivity index (χ1v) is 8.99. The predicted octanol–water partition coefficient (Wildman–Crippen LogP) is 3.59. The Hall–Kier alpha value is -2.11. The van der Waals surface area contributed by atoms with Crippen LogP contribution in [0.5, 0.6) is 0 Å². The maximum atomic E-state index is 12.3. The van der Waals surface area contributed by atoms with Crippen molar-refractivity contribution in [3.63, 3.8) is 0 Å². The summed E-state index contributed by atoms with van der Waals surface area (Å²) in [6.45, 7) is 6.45. The van der Waals surface area contributed by atoms with Crippen molar-refractivity contribution in [2.45, 2.75) is 39.3 Å². The van der Waals surface area contributed by atoms with Gasteiger partial charge in [-0.2, -0.15) is 0 Å². The van der Waals surface area contributed by atoms with Gasteiger partial charge in [-0.05, 0) is 30.2 Å². The third-order valence-electron chi connectivity index (χ3n) is 4.84. The Kier molecular flexibility index (Phi) is 4.13. The molecule has 0 saturated heterocycles. The first-order valence-electron chi connectivity index (χ1n) is 8.61. The molecule has 0 bridgehead atoms. The Balaban J connectivity index is 1.62. The van der Waals surface area contributed by atoms with Crippen LogP contribution >= 0.6 is 11.6 Å². The van der Waals surface area contributed by atoms with E-state index in [-0.39, 0.29) is 11.5 Å². The number of fused-ring (bicyclic) bond motifs is 2. The third-order valence-corrected chi connectivity index (χ3v) is 5.08. The molecule has 1 aromatic carbocycles. The molecule has 2 aromatic heterocycles. The van der Waals surface area contributed by atoms with Gasteiger partial charge in [-0.1, -0.05) is 25.4 Å². The predicted molar refractivity (Wildman–Crippen MR) is 100 cm³/mol. The van der Waals surface area contributed by atoms with Gasteiger partial charge in [0.1, 0.15) is 5.82 Å². The number of nitrogens with zero attached hydrogens (tertiary/aromatic N) is 2. The van der Waals surface area contributed by atoms with Gasteiger partial charge in [0.05, 0.1) is 5.69 Å². The van der Waals surface area contributed by atoms with Crippen LogP contribution in [-0.2, 0) is 19.5 Å². The van der Waals surface area contributed by atoms with E-state index < -0.39 is 0 Å². The Morgan fingerprint density at radius 3 is 3.00 bits per heavy atom. The number of aromatic nitrogens is 3. The quantitative estimate of drug-likeness (QED) is 0.753. The molecular formula is C19H21ClN4O. The molecule has 0 amide bonds. The first-order chi connectivity index (χ1) is 12.0. The van der Waals surface area contributed by atoms with E-state index in [2.05, 4.69) is 14.9 Å². The fourth-order valence-electron chi connectivity index (χ4n) is 3.44. The van der Waals surface area contributed by atoms with Gasteiger partial charge >= 0.3 is 0 Å². The molecule has 0 spiro atoms. The monoisotopic (exact) mass is 356 g/mol. The van der Waals surface area contributed by atoms with Gasteiger partial charge in [0.15, 0.2) is 0 Å². The highest BCUT2D eigenvalue weighted by atomic mass is 35.5. The number of benzene rings is 1. The number of aromatic amines is 2. The van der Waals surface area contributed by atoms with Crippen LogP contribution in [0.4, 0.5) is 0 Å². The molecule has 1 aliphatic heterocycles. The molecule has 3 heterocycles. The van der Waals surface area contributed by atoms with Crippen LogP contribution in [0.2, 0.25) is 5.02 Å². The van der Waals surface area contributed by atoms with Gasteiger partial charge in [0.25, 0.3) is 5.56 Å². The van der Waals surface area contributed by atoms with Crippen LogP contribution in [0.1, 0.15) is 42.4 Å². The van der Waals surface area contributed by atoms with Crippen LogP contribution in [0.15, 0.2) is 29.2 Å². The van der Waals surface area contributed by atoms with E-state index >= 15 is 0 Å². The lowest BCUT2D eigenvalue weighted by molar-refractivity contribution is 0.240. The summed E-state index contributed by atoms with van der Waals surface area (Å²) < 4.78 is 0. The molecule has 4 rings (SSSR count). The molecule has 0 radical (unpaired) electrons. The molecular weight excluding hydrogens is 336 g/mol. The number of rotatable bonds is 3. The van der Waals surface area contributed by atoms with Crippen molar-refractivity contribution in [1.29, 1.82) is 0 Å². The maximum Gasteiger partial charge on any atom is 0.254 e. The van der Waals surface area contributed by atoms with E-state index in [0.717, 1.165) is 52.5 Å². The van der Waals surface area contributed by atoms with E-state index in [4.69, 9.17) is 16.6 Å². The van der Waals surface area contributed by atoms with Crippen molar-refractivity contribution in [3.8, 4) is 0 Å². The average molecular weight is 357 g/mol. The van der Waals surface area contributed by atoms with Crippen molar-refractivity contribution in [2.75, 3.05) is 6.54 Å². The summed E-state index contributed by atoms with van der Waals surface area (Å²) in [5, 5.41) is 1.90. The minimum atomic E-state index is 0.0206. The second kappa shape index (κ2) is 6.32. The number of halogens is 1. The highest BCUT2D eigenvalue weighted by Crippen LogP contribution is 2.25. The van der Waals surface area contributed by atoms with E-state index in [9.17, 15) is 4.79 Å². The molecule has 130 valence electrons. The van der Waals surface area contributed by atoms with Crippen molar-refractivity contribution >= 4 is 22.5 Å². The molecule has 25 heavy (non-hydrogen) atoms. The fraction of sp³-hybridized carbons (Fsp3) is 0.368. The van der Waals surface area contributed by atoms with Crippen LogP contribution in [-0.4, -0.2) is 26.4 Å². The Labute approximate surface area is 151 Å². The summed E-state index contributed by atoms with van der Waals surface area (Å²) in [4.78, 5) is 25.6. The molecule has 0 fully saturated rings. The normalized spacial score (nSPS) is 15.0. The van der Waals surface area contributed by atoms with E-state index in [1.807, 2.05) is 38.2 Å². The van der Waals surface area contributed by atoms with Crippen molar-refractivity contribution < 1.29 is 0 Å². The van der Waals surface area contributed by atoms with E-state index in [1.165, 1.54) is 5.56 Å². The summed E-state index contributed by atoms with van der Waals surface area (Å²) >= 11 is 6.15. The number of H-pyrrole nitrogens is 2. The zero-order valence-electron chi connectivity index (χ0n) is 14.4. The lowest BCUT2D eigenvalue weighted by atomic mass is 10.0. The van der Waals surface area contributed by atoms with Gasteiger partial charge < -0.3 is 9.97 Å². The van der Waals surface area contributed by atoms with E-state index in [1.54, 1.807) is 0 Å². The molecule has 0 aliphatic carbocycles. The number of hydrogen-bond acceptors (Lipinski definition) is 3. The van der Waals surface area contributed by atoms with Crippen LogP contribution in [0.3, 0.4) is 0 Å². The first kappa shape index (κ1) is 16.4. The molecule has 6 heteroatoms. The van der Waals surface area contributed by atoms with Gasteiger partial charge in [-0.3, -0.25) is 9.69 Å². The molecule has 5 nitrogen and oxygen atoms in total. The zero-order valence-corrected chi connectivity index (χ0v) is 15.2. The number of hydrogen-bond donors (Lipinski definition) is 2. The standard InChI is InChI=1S/C19H21ClN4O/c1-11(2)18-22-17-10-24(6-5-14(17)19(25)23-18)9-12-8-21-16-4-3-13(20)7-15(12)16/h3-4,7-8,11,21H,5-6,9-10H2,1-2H3,(H,22,23,25). The topological polar surface area (TPSA) is 64.8 Å². The SMILES string of the molecule is CC(C)c1nc2c(c(=O)[nH]1)CCN(Cc1c[nH]c3ccc(Cl)cc13)C2. The van der Waals surface area contributed by atoms with Crippen molar-refractivity contribution in [2.24, 2.45) is 0 Å². The Morgan fingerprint density at radius 1 is 1.36 bits per heavy atom. The molecule has 1 aliphatic rings. The second-order valence-electron chi connectivity index (χ2n) is 7.00. The van der Waals surface area contributed by atoms with Gasteiger partial charge in [0.2, 0.25) is 0 Å². The van der Waals surface area contributed by atoms with Crippen LogP contribution < -0.4 is 5.56 Å². The molecule has 3 aromatic rings. The average Bonchev–Trinajstić information content (AvgIpc) is 2.96. The molecule has 0 unspecified atom stereocenters.